The molecule has 0 saturated carbocycles. The molecule has 1 aromatic rings. The first-order valence-corrected chi connectivity index (χ1v) is 6.64. The number of hydrogen-bond acceptors (Lipinski definition) is 3. The molecule has 0 bridgehead atoms. The maximum Gasteiger partial charge on any atom is 0.238 e. The Morgan fingerprint density at radius 1 is 1.42 bits per heavy atom. The lowest BCUT2D eigenvalue weighted by molar-refractivity contribution is -0.117. The molecule has 1 heterocycles. The van der Waals surface area contributed by atoms with Gasteiger partial charge in [0.05, 0.1) is 6.54 Å². The Balaban J connectivity index is 1.87. The molecule has 4 nitrogen and oxygen atoms in total. The molecule has 1 aliphatic heterocycles. The van der Waals surface area contributed by atoms with Gasteiger partial charge in [-0.1, -0.05) is 0 Å². The van der Waals surface area contributed by atoms with Gasteiger partial charge < -0.3 is 10.6 Å². The van der Waals surface area contributed by atoms with Crippen molar-refractivity contribution in [3.05, 3.63) is 29.6 Å². The van der Waals surface area contributed by atoms with Gasteiger partial charge in [0, 0.05) is 18.8 Å². The molecule has 0 spiro atoms. The molecule has 1 aromatic carbocycles. The summed E-state index contributed by atoms with van der Waals surface area (Å²) in [5, 5.41) is 6.11. The molecule has 2 rings (SSSR count). The average Bonchev–Trinajstić information content (AvgIpc) is 2.62. The Bertz CT molecular complexity index is 442. The highest BCUT2D eigenvalue weighted by Gasteiger charge is 2.12. The molecule has 0 radical (unpaired) electrons. The molecule has 5 heteroatoms. The van der Waals surface area contributed by atoms with Gasteiger partial charge in [0.25, 0.3) is 0 Å². The molecule has 1 fully saturated rings. The Morgan fingerprint density at radius 2 is 2.26 bits per heavy atom. The molecule has 104 valence electrons. The molecule has 2 N–H and O–H groups in total. The van der Waals surface area contributed by atoms with Crippen LogP contribution in [0.5, 0.6) is 0 Å². The van der Waals surface area contributed by atoms with Crippen molar-refractivity contribution in [3.63, 3.8) is 0 Å². The van der Waals surface area contributed by atoms with Gasteiger partial charge in [0.2, 0.25) is 5.91 Å². The number of anilines is 1. The van der Waals surface area contributed by atoms with Crippen LogP contribution in [0.25, 0.3) is 0 Å². The number of rotatable bonds is 3. The van der Waals surface area contributed by atoms with E-state index in [0.717, 1.165) is 32.6 Å². The molecule has 1 amide bonds. The summed E-state index contributed by atoms with van der Waals surface area (Å²) < 4.78 is 13.1. The molecule has 19 heavy (non-hydrogen) atoms. The van der Waals surface area contributed by atoms with Crippen molar-refractivity contribution in [1.82, 2.24) is 10.2 Å². The summed E-state index contributed by atoms with van der Waals surface area (Å²) in [6.07, 6.45) is 1.06. The summed E-state index contributed by atoms with van der Waals surface area (Å²) in [6, 6.07) is 4.61. The number of aryl methyl sites for hydroxylation is 1. The van der Waals surface area contributed by atoms with Crippen LogP contribution in [-0.4, -0.2) is 43.5 Å². The highest BCUT2D eigenvalue weighted by molar-refractivity contribution is 5.92. The fraction of sp³-hybridized carbons (Fsp3) is 0.500. The van der Waals surface area contributed by atoms with Gasteiger partial charge in [-0.05, 0) is 50.2 Å². The van der Waals surface area contributed by atoms with E-state index in [2.05, 4.69) is 15.5 Å². The molecule has 0 atom stereocenters. The van der Waals surface area contributed by atoms with Gasteiger partial charge in [-0.2, -0.15) is 0 Å². The van der Waals surface area contributed by atoms with Crippen molar-refractivity contribution in [1.29, 1.82) is 0 Å². The summed E-state index contributed by atoms with van der Waals surface area (Å²) >= 11 is 0. The number of amides is 1. The van der Waals surface area contributed by atoms with Crippen molar-refractivity contribution in [3.8, 4) is 0 Å². The van der Waals surface area contributed by atoms with Crippen LogP contribution in [0.3, 0.4) is 0 Å². The number of carbonyl (C=O) groups excluding carboxylic acids is 1. The third-order valence-electron chi connectivity index (χ3n) is 3.24. The van der Waals surface area contributed by atoms with Crippen LogP contribution in [0.4, 0.5) is 10.1 Å². The van der Waals surface area contributed by atoms with Crippen molar-refractivity contribution >= 4 is 11.6 Å². The predicted molar refractivity (Wildman–Crippen MR) is 73.7 cm³/mol. The zero-order chi connectivity index (χ0) is 13.7. The van der Waals surface area contributed by atoms with Gasteiger partial charge in [-0.3, -0.25) is 9.69 Å². The van der Waals surface area contributed by atoms with Crippen LogP contribution in [0.2, 0.25) is 0 Å². The fourth-order valence-corrected chi connectivity index (χ4v) is 2.19. The van der Waals surface area contributed by atoms with E-state index in [4.69, 9.17) is 0 Å². The average molecular weight is 265 g/mol. The number of nitrogens with one attached hydrogen (secondary N) is 2. The lowest BCUT2D eigenvalue weighted by atomic mass is 10.2. The third-order valence-corrected chi connectivity index (χ3v) is 3.24. The highest BCUT2D eigenvalue weighted by atomic mass is 19.1. The summed E-state index contributed by atoms with van der Waals surface area (Å²) in [4.78, 5) is 14.1. The van der Waals surface area contributed by atoms with Crippen LogP contribution >= 0.6 is 0 Å². The Hall–Kier alpha value is -1.46. The fourth-order valence-electron chi connectivity index (χ4n) is 2.19. The quantitative estimate of drug-likeness (QED) is 0.867. The Morgan fingerprint density at radius 3 is 3.05 bits per heavy atom. The zero-order valence-corrected chi connectivity index (χ0v) is 11.2. The van der Waals surface area contributed by atoms with Gasteiger partial charge in [0.1, 0.15) is 5.82 Å². The normalized spacial score (nSPS) is 16.9. The zero-order valence-electron chi connectivity index (χ0n) is 11.2. The van der Waals surface area contributed by atoms with Gasteiger partial charge in [-0.25, -0.2) is 4.39 Å². The van der Waals surface area contributed by atoms with E-state index >= 15 is 0 Å². The van der Waals surface area contributed by atoms with E-state index in [1.165, 1.54) is 6.07 Å². The summed E-state index contributed by atoms with van der Waals surface area (Å²) in [6.45, 7) is 5.82. The van der Waals surface area contributed by atoms with Crippen molar-refractivity contribution < 1.29 is 9.18 Å². The first-order valence-electron chi connectivity index (χ1n) is 6.64. The van der Waals surface area contributed by atoms with Gasteiger partial charge in [0.15, 0.2) is 0 Å². The van der Waals surface area contributed by atoms with E-state index in [0.29, 0.717) is 17.8 Å². The first-order chi connectivity index (χ1) is 9.15. The Labute approximate surface area is 113 Å². The summed E-state index contributed by atoms with van der Waals surface area (Å²) in [5.41, 5.74) is 1.19. The smallest absolute Gasteiger partial charge is 0.238 e. The largest absolute Gasteiger partial charge is 0.325 e. The summed E-state index contributed by atoms with van der Waals surface area (Å²) in [7, 11) is 0. The molecule has 0 aromatic heterocycles. The first kappa shape index (κ1) is 14.0. The van der Waals surface area contributed by atoms with Gasteiger partial charge in [-0.15, -0.1) is 0 Å². The van der Waals surface area contributed by atoms with Crippen molar-refractivity contribution in [2.24, 2.45) is 0 Å². The maximum atomic E-state index is 13.1. The molecular weight excluding hydrogens is 245 g/mol. The van der Waals surface area contributed by atoms with E-state index in [1.807, 2.05) is 0 Å². The molecule has 0 unspecified atom stereocenters. The number of halogens is 1. The maximum absolute atomic E-state index is 13.1. The number of carbonyl (C=O) groups is 1. The second-order valence-corrected chi connectivity index (χ2v) is 4.89. The monoisotopic (exact) mass is 265 g/mol. The molecule has 1 aliphatic rings. The minimum absolute atomic E-state index is 0.0482. The number of benzene rings is 1. The van der Waals surface area contributed by atoms with Crippen LogP contribution in [0.15, 0.2) is 18.2 Å². The van der Waals surface area contributed by atoms with Gasteiger partial charge >= 0.3 is 0 Å². The van der Waals surface area contributed by atoms with Crippen molar-refractivity contribution in [2.75, 3.05) is 38.0 Å². The topological polar surface area (TPSA) is 44.4 Å². The summed E-state index contributed by atoms with van der Waals surface area (Å²) in [5.74, 6) is -0.301. The third kappa shape index (κ3) is 4.29. The second-order valence-electron chi connectivity index (χ2n) is 4.89. The lowest BCUT2D eigenvalue weighted by Gasteiger charge is -2.18. The molecular formula is C14H20FN3O. The predicted octanol–water partition coefficient (Wildman–Crippen LogP) is 1.37. The SMILES string of the molecule is Cc1cc(NC(=O)CN2CCCNCC2)ccc1F. The lowest BCUT2D eigenvalue weighted by Crippen LogP contribution is -2.35. The van der Waals surface area contributed by atoms with E-state index in [9.17, 15) is 9.18 Å². The minimum atomic E-state index is -0.253. The highest BCUT2D eigenvalue weighted by Crippen LogP contribution is 2.13. The van der Waals surface area contributed by atoms with Crippen LogP contribution < -0.4 is 10.6 Å². The molecule has 0 aliphatic carbocycles. The standard InChI is InChI=1S/C14H20FN3O/c1-11-9-12(3-4-13(11)15)17-14(19)10-18-7-2-5-16-6-8-18/h3-4,9,16H,2,5-8,10H2,1H3,(H,17,19). The van der Waals surface area contributed by atoms with E-state index in [-0.39, 0.29) is 11.7 Å². The Kier molecular flexibility index (Phi) is 4.87. The number of hydrogen-bond donors (Lipinski definition) is 2. The number of nitrogens with zero attached hydrogens (tertiary/aromatic N) is 1. The van der Waals surface area contributed by atoms with E-state index < -0.39 is 0 Å². The van der Waals surface area contributed by atoms with Crippen molar-refractivity contribution in [2.45, 2.75) is 13.3 Å². The second kappa shape index (κ2) is 6.63. The molecule has 1 saturated heterocycles. The van der Waals surface area contributed by atoms with E-state index in [1.54, 1.807) is 19.1 Å². The minimum Gasteiger partial charge on any atom is -0.325 e. The van der Waals surface area contributed by atoms with Crippen LogP contribution in [0, 0.1) is 12.7 Å². The van der Waals surface area contributed by atoms with Crippen LogP contribution in [0.1, 0.15) is 12.0 Å². The van der Waals surface area contributed by atoms with Crippen LogP contribution in [-0.2, 0) is 4.79 Å².